The van der Waals surface area contributed by atoms with Crippen molar-refractivity contribution < 1.29 is 22.4 Å². The monoisotopic (exact) mass is 250 g/mol. The molecule has 3 nitrogen and oxygen atoms in total. The van der Waals surface area contributed by atoms with Gasteiger partial charge in [0.15, 0.2) is 0 Å². The van der Waals surface area contributed by atoms with E-state index in [1.807, 2.05) is 5.32 Å². The van der Waals surface area contributed by atoms with E-state index in [1.54, 1.807) is 0 Å². The van der Waals surface area contributed by atoms with Gasteiger partial charge in [-0.3, -0.25) is 4.79 Å². The second kappa shape index (κ2) is 5.50. The van der Waals surface area contributed by atoms with Crippen molar-refractivity contribution in [3.8, 4) is 0 Å². The Hall–Kier alpha value is -0.560. The maximum Gasteiger partial charge on any atom is 0.383 e. The predicted octanol–water partition coefficient (Wildman–Crippen LogP) is 0.787. The number of rotatable bonds is 3. The molecule has 1 aliphatic heterocycles. The highest BCUT2D eigenvalue weighted by Crippen LogP contribution is 2.23. The first-order valence-electron chi connectivity index (χ1n) is 4.12. The van der Waals surface area contributed by atoms with Crippen molar-refractivity contribution in [1.82, 2.24) is 10.6 Å². The molecule has 0 aromatic heterocycles. The molecule has 0 spiro atoms. The lowest BCUT2D eigenvalue weighted by Crippen LogP contribution is -2.49. The number of hydrogen-bond donors (Lipinski definition) is 2. The van der Waals surface area contributed by atoms with E-state index in [2.05, 4.69) is 5.32 Å². The van der Waals surface area contributed by atoms with E-state index < -0.39 is 24.3 Å². The van der Waals surface area contributed by atoms with E-state index in [9.17, 15) is 22.4 Å². The summed E-state index contributed by atoms with van der Waals surface area (Å²) in [6.07, 6.45) is -3.48. The Morgan fingerprint density at radius 3 is 2.47 bits per heavy atom. The van der Waals surface area contributed by atoms with Crippen LogP contribution in [-0.2, 0) is 4.79 Å². The molecular formula is C7H11ClF4N2O. The van der Waals surface area contributed by atoms with Crippen molar-refractivity contribution in [3.05, 3.63) is 0 Å². The van der Waals surface area contributed by atoms with Gasteiger partial charge in [-0.25, -0.2) is 8.78 Å². The van der Waals surface area contributed by atoms with Crippen molar-refractivity contribution in [1.29, 1.82) is 0 Å². The van der Waals surface area contributed by atoms with E-state index in [-0.39, 0.29) is 12.4 Å². The lowest BCUT2D eigenvalue weighted by atomic mass is 10.2. The second-order valence-electron chi connectivity index (χ2n) is 3.09. The quantitative estimate of drug-likeness (QED) is 0.727. The first-order chi connectivity index (χ1) is 6.44. The highest BCUT2D eigenvalue weighted by atomic mass is 35.5. The Bertz CT molecular complexity index is 221. The number of hydrogen-bond acceptors (Lipinski definition) is 2. The molecule has 1 heterocycles. The second-order valence-corrected chi connectivity index (χ2v) is 3.09. The van der Waals surface area contributed by atoms with Crippen molar-refractivity contribution in [2.45, 2.75) is 24.8 Å². The first kappa shape index (κ1) is 14.4. The minimum absolute atomic E-state index is 0. The zero-order valence-electron chi connectivity index (χ0n) is 7.60. The molecular weight excluding hydrogens is 240 g/mol. The standard InChI is InChI=1S/C7H10F4N2O.ClH/c8-5(9)7(10,11)6(14)13-4-1-2-12-3-4;/h4-5,12H,1-3H2,(H,13,14);1H. The fourth-order valence-corrected chi connectivity index (χ4v) is 1.16. The van der Waals surface area contributed by atoms with Crippen LogP contribution in [-0.4, -0.2) is 37.4 Å². The summed E-state index contributed by atoms with van der Waals surface area (Å²) in [5.41, 5.74) is 0. The molecule has 0 radical (unpaired) electrons. The summed E-state index contributed by atoms with van der Waals surface area (Å²) in [6.45, 7) is 0.927. The number of alkyl halides is 4. The topological polar surface area (TPSA) is 41.1 Å². The van der Waals surface area contributed by atoms with E-state index in [4.69, 9.17) is 0 Å². The summed E-state index contributed by atoms with van der Waals surface area (Å²) in [5, 5.41) is 4.68. The van der Waals surface area contributed by atoms with Crippen LogP contribution in [0.25, 0.3) is 0 Å². The van der Waals surface area contributed by atoms with E-state index >= 15 is 0 Å². The average Bonchev–Trinajstić information content (AvgIpc) is 2.56. The summed E-state index contributed by atoms with van der Waals surface area (Å²) in [4.78, 5) is 10.7. The Kier molecular flexibility index (Phi) is 5.30. The lowest BCUT2D eigenvalue weighted by Gasteiger charge is -2.17. The summed E-state index contributed by atoms with van der Waals surface area (Å²) in [6, 6.07) is -0.480. The van der Waals surface area contributed by atoms with E-state index in [0.717, 1.165) is 0 Å². The summed E-state index contributed by atoms with van der Waals surface area (Å²) < 4.78 is 48.2. The van der Waals surface area contributed by atoms with E-state index in [0.29, 0.717) is 19.5 Å². The van der Waals surface area contributed by atoms with Gasteiger partial charge in [-0.05, 0) is 13.0 Å². The molecule has 0 saturated carbocycles. The van der Waals surface area contributed by atoms with Crippen LogP contribution in [0.15, 0.2) is 0 Å². The molecule has 2 N–H and O–H groups in total. The zero-order valence-corrected chi connectivity index (χ0v) is 8.42. The van der Waals surface area contributed by atoms with Crippen LogP contribution in [0.4, 0.5) is 17.6 Å². The Balaban J connectivity index is 0.00000196. The summed E-state index contributed by atoms with van der Waals surface area (Å²) in [7, 11) is 0. The van der Waals surface area contributed by atoms with Crippen LogP contribution in [0, 0.1) is 0 Å². The van der Waals surface area contributed by atoms with Crippen molar-refractivity contribution >= 4 is 18.3 Å². The summed E-state index contributed by atoms with van der Waals surface area (Å²) >= 11 is 0. The van der Waals surface area contributed by atoms with Crippen LogP contribution in [0.3, 0.4) is 0 Å². The fraction of sp³-hybridized carbons (Fsp3) is 0.857. The number of carbonyl (C=O) groups excluding carboxylic acids is 1. The molecule has 1 amide bonds. The molecule has 1 atom stereocenters. The normalized spacial score (nSPS) is 21.3. The number of amides is 1. The van der Waals surface area contributed by atoms with Gasteiger partial charge >= 0.3 is 12.3 Å². The average molecular weight is 251 g/mol. The highest BCUT2D eigenvalue weighted by molar-refractivity contribution is 5.85. The van der Waals surface area contributed by atoms with Gasteiger partial charge in [0.25, 0.3) is 5.91 Å². The van der Waals surface area contributed by atoms with Crippen molar-refractivity contribution in [2.75, 3.05) is 13.1 Å². The van der Waals surface area contributed by atoms with Gasteiger partial charge in [0, 0.05) is 12.6 Å². The third-order valence-corrected chi connectivity index (χ3v) is 1.97. The molecule has 1 unspecified atom stereocenters. The maximum absolute atomic E-state index is 12.4. The Morgan fingerprint density at radius 1 is 1.47 bits per heavy atom. The largest absolute Gasteiger partial charge is 0.383 e. The van der Waals surface area contributed by atoms with Gasteiger partial charge in [-0.2, -0.15) is 8.78 Å². The third kappa shape index (κ3) is 3.49. The molecule has 0 aromatic carbocycles. The highest BCUT2D eigenvalue weighted by Gasteiger charge is 2.49. The van der Waals surface area contributed by atoms with Crippen LogP contribution in [0.5, 0.6) is 0 Å². The SMILES string of the molecule is Cl.O=C(NC1CCNC1)C(F)(F)C(F)F. The van der Waals surface area contributed by atoms with Crippen molar-refractivity contribution in [2.24, 2.45) is 0 Å². The molecule has 1 saturated heterocycles. The molecule has 90 valence electrons. The Labute approximate surface area is 90.0 Å². The number of carbonyl (C=O) groups is 1. The molecule has 0 aromatic rings. The van der Waals surface area contributed by atoms with E-state index in [1.165, 1.54) is 0 Å². The third-order valence-electron chi connectivity index (χ3n) is 1.97. The minimum Gasteiger partial charge on any atom is -0.347 e. The Morgan fingerprint density at radius 2 is 2.07 bits per heavy atom. The molecule has 15 heavy (non-hydrogen) atoms. The predicted molar refractivity (Wildman–Crippen MR) is 47.6 cm³/mol. The van der Waals surface area contributed by atoms with Crippen LogP contribution < -0.4 is 10.6 Å². The van der Waals surface area contributed by atoms with Crippen molar-refractivity contribution in [3.63, 3.8) is 0 Å². The number of nitrogens with one attached hydrogen (secondary N) is 2. The van der Waals surface area contributed by atoms with Gasteiger partial charge in [0.2, 0.25) is 0 Å². The molecule has 8 heteroatoms. The summed E-state index contributed by atoms with van der Waals surface area (Å²) in [5.74, 6) is -6.50. The van der Waals surface area contributed by atoms with Gasteiger partial charge < -0.3 is 10.6 Å². The van der Waals surface area contributed by atoms with Crippen LogP contribution >= 0.6 is 12.4 Å². The van der Waals surface area contributed by atoms with Crippen LogP contribution in [0.1, 0.15) is 6.42 Å². The van der Waals surface area contributed by atoms with Gasteiger partial charge in [0.1, 0.15) is 0 Å². The zero-order chi connectivity index (χ0) is 10.8. The minimum atomic E-state index is -4.59. The molecule has 0 aliphatic carbocycles. The molecule has 1 rings (SSSR count). The number of halogens is 5. The smallest absolute Gasteiger partial charge is 0.347 e. The van der Waals surface area contributed by atoms with Gasteiger partial charge in [-0.1, -0.05) is 0 Å². The molecule has 0 bridgehead atoms. The fourth-order valence-electron chi connectivity index (χ4n) is 1.16. The van der Waals surface area contributed by atoms with Gasteiger partial charge in [0.05, 0.1) is 0 Å². The van der Waals surface area contributed by atoms with Crippen LogP contribution in [0.2, 0.25) is 0 Å². The molecule has 1 fully saturated rings. The maximum atomic E-state index is 12.4. The lowest BCUT2D eigenvalue weighted by molar-refractivity contribution is -0.170. The molecule has 1 aliphatic rings. The first-order valence-corrected chi connectivity index (χ1v) is 4.12. The van der Waals surface area contributed by atoms with Gasteiger partial charge in [-0.15, -0.1) is 12.4 Å².